The molecule has 1 aliphatic heterocycles. The second kappa shape index (κ2) is 6.05. The molecule has 22 heavy (non-hydrogen) atoms. The van der Waals surface area contributed by atoms with Crippen molar-refractivity contribution in [1.82, 2.24) is 20.1 Å². The van der Waals surface area contributed by atoms with E-state index in [0.29, 0.717) is 23.6 Å². The molecule has 1 aromatic heterocycles. The topological polar surface area (TPSA) is 78.3 Å². The highest BCUT2D eigenvalue weighted by Crippen LogP contribution is 2.24. The molecule has 0 atom stereocenters. The van der Waals surface area contributed by atoms with E-state index in [0.717, 1.165) is 31.0 Å². The van der Waals surface area contributed by atoms with Gasteiger partial charge in [-0.25, -0.2) is 0 Å². The van der Waals surface area contributed by atoms with Gasteiger partial charge in [-0.15, -0.1) is 10.2 Å². The highest BCUT2D eigenvalue weighted by atomic mass is 16.5. The molecule has 0 fully saturated rings. The molecule has 0 radical (unpaired) electrons. The first-order valence-electron chi connectivity index (χ1n) is 7.14. The van der Waals surface area contributed by atoms with Crippen LogP contribution in [0.1, 0.15) is 28.4 Å². The summed E-state index contributed by atoms with van der Waals surface area (Å²) < 4.78 is 12.4. The van der Waals surface area contributed by atoms with Gasteiger partial charge in [-0.05, 0) is 18.6 Å². The summed E-state index contributed by atoms with van der Waals surface area (Å²) in [4.78, 5) is 12.3. The minimum Gasteiger partial charge on any atom is -0.497 e. The van der Waals surface area contributed by atoms with Gasteiger partial charge < -0.3 is 19.4 Å². The molecule has 0 aliphatic carbocycles. The summed E-state index contributed by atoms with van der Waals surface area (Å²) >= 11 is 0. The van der Waals surface area contributed by atoms with E-state index in [9.17, 15) is 4.79 Å². The summed E-state index contributed by atoms with van der Waals surface area (Å²) in [6.07, 6.45) is 2.03. The molecule has 1 N–H and O–H groups in total. The minimum absolute atomic E-state index is 0.213. The zero-order valence-corrected chi connectivity index (χ0v) is 12.6. The van der Waals surface area contributed by atoms with E-state index in [2.05, 4.69) is 20.1 Å². The van der Waals surface area contributed by atoms with Crippen LogP contribution in [0, 0.1) is 0 Å². The molecule has 7 heteroatoms. The van der Waals surface area contributed by atoms with Crippen LogP contribution in [0.2, 0.25) is 0 Å². The molecule has 0 saturated heterocycles. The second-order valence-electron chi connectivity index (χ2n) is 5.04. The predicted molar refractivity (Wildman–Crippen MR) is 79.1 cm³/mol. The second-order valence-corrected chi connectivity index (χ2v) is 5.04. The van der Waals surface area contributed by atoms with E-state index in [1.807, 2.05) is 0 Å². The van der Waals surface area contributed by atoms with E-state index >= 15 is 0 Å². The number of fused-ring (bicyclic) bond motifs is 1. The first kappa shape index (κ1) is 14.4. The van der Waals surface area contributed by atoms with Crippen molar-refractivity contribution in [2.45, 2.75) is 25.9 Å². The zero-order valence-electron chi connectivity index (χ0n) is 12.6. The van der Waals surface area contributed by atoms with Gasteiger partial charge in [0.2, 0.25) is 0 Å². The Bertz CT molecular complexity index is 696. The van der Waals surface area contributed by atoms with Crippen LogP contribution >= 0.6 is 0 Å². The third-order valence-corrected chi connectivity index (χ3v) is 3.75. The fraction of sp³-hybridized carbons (Fsp3) is 0.400. The number of aromatic nitrogens is 3. The van der Waals surface area contributed by atoms with Gasteiger partial charge in [-0.2, -0.15) is 0 Å². The first-order chi connectivity index (χ1) is 10.7. The van der Waals surface area contributed by atoms with Crippen LogP contribution in [0.25, 0.3) is 0 Å². The summed E-state index contributed by atoms with van der Waals surface area (Å²) in [5.74, 6) is 2.68. The molecule has 3 rings (SSSR count). The minimum atomic E-state index is -0.213. The normalized spacial score (nSPS) is 12.8. The van der Waals surface area contributed by atoms with Crippen molar-refractivity contribution in [1.29, 1.82) is 0 Å². The van der Waals surface area contributed by atoms with E-state index < -0.39 is 0 Å². The number of hydrogen-bond acceptors (Lipinski definition) is 5. The number of benzene rings is 1. The van der Waals surface area contributed by atoms with Gasteiger partial charge in [0.15, 0.2) is 5.82 Å². The van der Waals surface area contributed by atoms with Crippen molar-refractivity contribution in [3.05, 3.63) is 35.4 Å². The van der Waals surface area contributed by atoms with Crippen LogP contribution in [0.3, 0.4) is 0 Å². The number of nitrogens with zero attached hydrogens (tertiary/aromatic N) is 3. The Morgan fingerprint density at radius 2 is 2.18 bits per heavy atom. The van der Waals surface area contributed by atoms with Gasteiger partial charge in [0.05, 0.1) is 26.3 Å². The van der Waals surface area contributed by atoms with Crippen molar-refractivity contribution in [2.75, 3.05) is 14.2 Å². The van der Waals surface area contributed by atoms with Crippen molar-refractivity contribution < 1.29 is 14.3 Å². The molecule has 0 unspecified atom stereocenters. The number of hydrogen-bond donors (Lipinski definition) is 1. The largest absolute Gasteiger partial charge is 0.497 e. The molecule has 1 aromatic carbocycles. The lowest BCUT2D eigenvalue weighted by Gasteiger charge is -2.10. The molecule has 7 nitrogen and oxygen atoms in total. The number of rotatable bonds is 5. The summed E-state index contributed by atoms with van der Waals surface area (Å²) in [5, 5.41) is 11.1. The third-order valence-electron chi connectivity index (χ3n) is 3.75. The quantitative estimate of drug-likeness (QED) is 0.897. The number of aryl methyl sites for hydroxylation is 1. The molecule has 2 heterocycles. The summed E-state index contributed by atoms with van der Waals surface area (Å²) in [6, 6.07) is 5.09. The zero-order chi connectivity index (χ0) is 15.5. The molecule has 0 bridgehead atoms. The number of carbonyl (C=O) groups excluding carboxylic acids is 1. The number of nitrogens with one attached hydrogen (secondary N) is 1. The van der Waals surface area contributed by atoms with Crippen molar-refractivity contribution in [2.24, 2.45) is 0 Å². The van der Waals surface area contributed by atoms with Crippen LogP contribution < -0.4 is 14.8 Å². The number of ether oxygens (including phenoxy) is 2. The Morgan fingerprint density at radius 1 is 1.32 bits per heavy atom. The van der Waals surface area contributed by atoms with Crippen molar-refractivity contribution in [3.8, 4) is 11.5 Å². The maximum Gasteiger partial charge on any atom is 0.255 e. The fourth-order valence-electron chi connectivity index (χ4n) is 2.58. The summed E-state index contributed by atoms with van der Waals surface area (Å²) in [7, 11) is 3.09. The fourth-order valence-corrected chi connectivity index (χ4v) is 2.58. The molecule has 2 aromatic rings. The highest BCUT2D eigenvalue weighted by molar-refractivity contribution is 5.97. The molecule has 1 aliphatic rings. The Balaban J connectivity index is 1.71. The highest BCUT2D eigenvalue weighted by Gasteiger charge is 2.18. The van der Waals surface area contributed by atoms with E-state index in [4.69, 9.17) is 9.47 Å². The van der Waals surface area contributed by atoms with Crippen molar-refractivity contribution in [3.63, 3.8) is 0 Å². The number of carbonyl (C=O) groups is 1. The van der Waals surface area contributed by atoms with Gasteiger partial charge in [-0.1, -0.05) is 0 Å². The molecular weight excluding hydrogens is 284 g/mol. The van der Waals surface area contributed by atoms with E-state index in [-0.39, 0.29) is 5.91 Å². The third kappa shape index (κ3) is 2.61. The van der Waals surface area contributed by atoms with E-state index in [1.54, 1.807) is 25.3 Å². The SMILES string of the molecule is COc1ccc(C(=O)NCc2nnc3n2CCC3)c(OC)c1. The van der Waals surface area contributed by atoms with Gasteiger partial charge in [0.1, 0.15) is 17.3 Å². The van der Waals surface area contributed by atoms with Crippen molar-refractivity contribution >= 4 is 5.91 Å². The van der Waals surface area contributed by atoms with E-state index in [1.165, 1.54) is 7.11 Å². The Morgan fingerprint density at radius 3 is 2.95 bits per heavy atom. The monoisotopic (exact) mass is 302 g/mol. The van der Waals surface area contributed by atoms with Crippen LogP contribution in [0.15, 0.2) is 18.2 Å². The lowest BCUT2D eigenvalue weighted by atomic mass is 10.1. The molecule has 116 valence electrons. The van der Waals surface area contributed by atoms with Gasteiger partial charge in [0.25, 0.3) is 5.91 Å². The standard InChI is InChI=1S/C15H18N4O3/c1-21-10-5-6-11(12(8-10)22-2)15(20)16-9-14-18-17-13-4-3-7-19(13)14/h5-6,8H,3-4,7,9H2,1-2H3,(H,16,20). The Hall–Kier alpha value is -2.57. The van der Waals surface area contributed by atoms with Gasteiger partial charge >= 0.3 is 0 Å². The first-order valence-corrected chi connectivity index (χ1v) is 7.14. The lowest BCUT2D eigenvalue weighted by molar-refractivity contribution is 0.0946. The average molecular weight is 302 g/mol. The van der Waals surface area contributed by atoms with Crippen LogP contribution in [-0.4, -0.2) is 34.9 Å². The Labute approximate surface area is 128 Å². The Kier molecular flexibility index (Phi) is 3.95. The van der Waals surface area contributed by atoms with Crippen LogP contribution in [0.5, 0.6) is 11.5 Å². The molecular formula is C15H18N4O3. The van der Waals surface area contributed by atoms with Gasteiger partial charge in [-0.3, -0.25) is 4.79 Å². The maximum absolute atomic E-state index is 12.3. The summed E-state index contributed by atoms with van der Waals surface area (Å²) in [5.41, 5.74) is 0.462. The predicted octanol–water partition coefficient (Wildman–Crippen LogP) is 1.17. The van der Waals surface area contributed by atoms with Crippen LogP contribution in [-0.2, 0) is 19.5 Å². The lowest BCUT2D eigenvalue weighted by Crippen LogP contribution is -2.25. The molecule has 1 amide bonds. The number of methoxy groups -OCH3 is 2. The summed E-state index contributed by atoms with van der Waals surface area (Å²) in [6.45, 7) is 1.26. The maximum atomic E-state index is 12.3. The molecule has 0 spiro atoms. The molecule has 0 saturated carbocycles. The smallest absolute Gasteiger partial charge is 0.255 e. The van der Waals surface area contributed by atoms with Gasteiger partial charge in [0, 0.05) is 19.0 Å². The van der Waals surface area contributed by atoms with Crippen LogP contribution in [0.4, 0.5) is 0 Å². The average Bonchev–Trinajstić information content (AvgIpc) is 3.15. The number of amides is 1.